The molecule has 10 saturated heterocycles. The van der Waals surface area contributed by atoms with Crippen molar-refractivity contribution >= 4 is 11.6 Å². The van der Waals surface area contributed by atoms with E-state index in [9.17, 15) is 9.59 Å². The summed E-state index contributed by atoms with van der Waals surface area (Å²) in [6, 6.07) is 0. The van der Waals surface area contributed by atoms with Gasteiger partial charge in [-0.1, -0.05) is 0 Å². The van der Waals surface area contributed by atoms with Crippen LogP contribution in [0.15, 0.2) is 0 Å². The van der Waals surface area contributed by atoms with Gasteiger partial charge < -0.3 is 0 Å². The Morgan fingerprint density at radius 3 is 1.18 bits per heavy atom. The second-order valence-corrected chi connectivity index (χ2v) is 30.9. The van der Waals surface area contributed by atoms with Gasteiger partial charge in [-0.3, -0.25) is 0 Å². The van der Waals surface area contributed by atoms with E-state index in [2.05, 4.69) is 0 Å². The molecule has 0 aromatic heterocycles. The van der Waals surface area contributed by atoms with Crippen molar-refractivity contribution in [3.05, 3.63) is 0 Å². The van der Waals surface area contributed by atoms with Crippen LogP contribution in [0.3, 0.4) is 0 Å². The summed E-state index contributed by atoms with van der Waals surface area (Å²) in [5.41, 5.74) is 0. The maximum absolute atomic E-state index is 12.5. The molecule has 0 aliphatic carbocycles. The Hall–Kier alpha value is -0.166. The van der Waals surface area contributed by atoms with Crippen molar-refractivity contribution in [2.75, 3.05) is 0 Å². The Morgan fingerprint density at radius 1 is 0.765 bits per heavy atom. The van der Waals surface area contributed by atoms with Crippen LogP contribution in [-0.4, -0.2) is 11.6 Å². The minimum atomic E-state index is -3.40. The Kier molecular flexibility index (Phi) is 0.172. The summed E-state index contributed by atoms with van der Waals surface area (Å²) in [6.07, 6.45) is -3.40. The van der Waals surface area contributed by atoms with Gasteiger partial charge >= 0.3 is 89.1 Å². The van der Waals surface area contributed by atoms with Crippen molar-refractivity contribution in [3.63, 3.8) is 0 Å². The molecular formula is C14H14NiO2. The molecule has 8 unspecified atom stereocenters. The molecule has 1 spiro atoms. The fourth-order valence-corrected chi connectivity index (χ4v) is 82.5. The van der Waals surface area contributed by atoms with Crippen molar-refractivity contribution in [2.45, 2.75) is 61.7 Å². The molecule has 92 valence electrons. The van der Waals surface area contributed by atoms with Crippen LogP contribution in [0, 0.1) is 0 Å². The van der Waals surface area contributed by atoms with Crippen LogP contribution >= 0.6 is 0 Å². The van der Waals surface area contributed by atoms with Gasteiger partial charge in [-0.25, -0.2) is 0 Å². The quantitative estimate of drug-likeness (QED) is 0.723. The topological polar surface area (TPSA) is 34.1 Å². The van der Waals surface area contributed by atoms with E-state index in [4.69, 9.17) is 0 Å². The molecule has 10 aliphatic heterocycles. The van der Waals surface area contributed by atoms with Gasteiger partial charge in [0.1, 0.15) is 0 Å². The predicted molar refractivity (Wildman–Crippen MR) is 56.7 cm³/mol. The molecule has 10 heterocycles. The standard InChI is InChI=1S/2C7H7O.Ni/c2*1-6(8)7-4-2-3-5-7;/h2*2-5H,1H3;. The molecule has 2 nitrogen and oxygen atoms in total. The van der Waals surface area contributed by atoms with E-state index in [0.29, 0.717) is 11.6 Å². The van der Waals surface area contributed by atoms with E-state index in [1.807, 2.05) is 13.8 Å². The first-order valence-corrected chi connectivity index (χ1v) is 12.4. The van der Waals surface area contributed by atoms with Crippen LogP contribution in [0.2, 0.25) is 47.9 Å². The number of Topliss-reactive ketones (excluding diaryl/α,β-unsaturated/α-hetero) is 2. The van der Waals surface area contributed by atoms with Crippen LogP contribution in [0.5, 0.6) is 0 Å². The van der Waals surface area contributed by atoms with E-state index in [0.717, 1.165) is 39.1 Å². The second kappa shape index (κ2) is 0.462. The van der Waals surface area contributed by atoms with E-state index in [1.54, 1.807) is 0 Å². The summed E-state index contributed by atoms with van der Waals surface area (Å²) in [7, 11) is 0. The normalized spacial score (nSPS) is 123. The summed E-state index contributed by atoms with van der Waals surface area (Å²) >= 11 is 0. The summed E-state index contributed by atoms with van der Waals surface area (Å²) in [6.45, 7) is 3.79. The van der Waals surface area contributed by atoms with Crippen LogP contribution in [0.4, 0.5) is 0 Å². The minimum absolute atomic E-state index is 0.265. The van der Waals surface area contributed by atoms with Gasteiger partial charge in [0.15, 0.2) is 0 Å². The molecule has 0 saturated carbocycles. The van der Waals surface area contributed by atoms with Crippen LogP contribution in [-0.2, 0) is 15.8 Å². The molecular weight excluding hydrogens is 259 g/mol. The molecule has 17 heavy (non-hydrogen) atoms. The summed E-state index contributed by atoms with van der Waals surface area (Å²) in [5, 5.41) is 0. The number of carbonyl (C=O) groups is 2. The first kappa shape index (κ1) is 6.32. The molecule has 10 aliphatic rings. The molecule has 0 bridgehead atoms. The molecule has 10 fully saturated rings. The molecule has 0 aromatic rings. The van der Waals surface area contributed by atoms with Crippen molar-refractivity contribution < 1.29 is 15.8 Å². The molecule has 3 heteroatoms. The van der Waals surface area contributed by atoms with Gasteiger partial charge in [0.2, 0.25) is 0 Å². The summed E-state index contributed by atoms with van der Waals surface area (Å²) in [5.74, 6) is 1.14. The predicted octanol–water partition coefficient (Wildman–Crippen LogP) is 3.29. The Labute approximate surface area is 89.3 Å². The number of fused-ring (bicyclic) bond motifs is 10. The Bertz CT molecular complexity index is 999. The first-order valence-electron chi connectivity index (χ1n) is 6.84. The average Bonchev–Trinajstić information content (AvgIpc) is 3.22. The Morgan fingerprint density at radius 2 is 1.06 bits per heavy atom. The van der Waals surface area contributed by atoms with Crippen molar-refractivity contribution in [3.8, 4) is 0 Å². The van der Waals surface area contributed by atoms with Crippen molar-refractivity contribution in [1.29, 1.82) is 0 Å². The Balaban J connectivity index is 1.78. The fraction of sp³-hybridized carbons (Fsp3) is 0.857. The molecule has 10 rings (SSSR count). The third-order valence-corrected chi connectivity index (χ3v) is 52.8. The molecule has 0 N–H and O–H groups in total. The van der Waals surface area contributed by atoms with Gasteiger partial charge in [0.25, 0.3) is 0 Å². The van der Waals surface area contributed by atoms with Gasteiger partial charge in [0, 0.05) is 0 Å². The molecule has 0 aromatic carbocycles. The second-order valence-electron chi connectivity index (χ2n) is 10.1. The molecule has 0 amide bonds. The van der Waals surface area contributed by atoms with Gasteiger partial charge in [-0.2, -0.15) is 0 Å². The molecule has 0 radical (unpaired) electrons. The van der Waals surface area contributed by atoms with E-state index < -0.39 is 6.23 Å². The fourth-order valence-electron chi connectivity index (χ4n) is 16.5. The van der Waals surface area contributed by atoms with Crippen LogP contribution < -0.4 is 0 Å². The number of hydrogen-bond donors (Lipinski definition) is 0. The third-order valence-electron chi connectivity index (χ3n) is 14.4. The number of rotatable bonds is 2. The average molecular weight is 273 g/mol. The van der Waals surface area contributed by atoms with Crippen molar-refractivity contribution in [2.24, 2.45) is 0 Å². The zero-order chi connectivity index (χ0) is 11.1. The van der Waals surface area contributed by atoms with Gasteiger partial charge in [0.05, 0.1) is 0 Å². The SMILES string of the molecule is CC(=O)[C]12[CH]3[CH]4[CH]5[CH]1[Ni]45321678[CH]2[CH]1[CH]6[C]7(C(C)=O)[CH]28. The third kappa shape index (κ3) is 0.0536. The number of ketones is 2. The van der Waals surface area contributed by atoms with Gasteiger partial charge in [-0.05, 0) is 0 Å². The number of carbonyl (C=O) groups excluding carboxylic acids is 2. The zero-order valence-electron chi connectivity index (χ0n) is 9.75. The van der Waals surface area contributed by atoms with E-state index in [-0.39, 0.29) is 8.77 Å². The van der Waals surface area contributed by atoms with E-state index in [1.165, 1.54) is 0 Å². The molecule has 8 atom stereocenters. The van der Waals surface area contributed by atoms with E-state index >= 15 is 0 Å². The maximum atomic E-state index is 12.5. The number of hydrogen-bond acceptors (Lipinski definition) is 2. The van der Waals surface area contributed by atoms with Gasteiger partial charge in [-0.15, -0.1) is 0 Å². The zero-order valence-corrected chi connectivity index (χ0v) is 10.7. The summed E-state index contributed by atoms with van der Waals surface area (Å²) in [4.78, 5) is 32.8. The first-order chi connectivity index (χ1) is 7.82. The van der Waals surface area contributed by atoms with Crippen molar-refractivity contribution in [1.82, 2.24) is 0 Å². The monoisotopic (exact) mass is 272 g/mol. The summed E-state index contributed by atoms with van der Waals surface area (Å²) < 4.78 is 0.531. The van der Waals surface area contributed by atoms with Crippen LogP contribution in [0.1, 0.15) is 13.8 Å². The van der Waals surface area contributed by atoms with Crippen LogP contribution in [0.25, 0.3) is 0 Å².